The number of sulfonamides is 1. The molecule has 0 spiro atoms. The Balaban J connectivity index is 1.81. The molecule has 0 radical (unpaired) electrons. The third kappa shape index (κ3) is 5.33. The van der Waals surface area contributed by atoms with E-state index in [0.29, 0.717) is 17.1 Å². The number of hydrogen-bond donors (Lipinski definition) is 1. The maximum Gasteiger partial charge on any atom is 0.416 e. The van der Waals surface area contributed by atoms with Crippen LogP contribution in [0.4, 0.5) is 18.9 Å². The lowest BCUT2D eigenvalue weighted by Crippen LogP contribution is -2.15. The lowest BCUT2D eigenvalue weighted by Gasteiger charge is -2.13. The first-order valence-corrected chi connectivity index (χ1v) is 11.0. The fourth-order valence-electron chi connectivity index (χ4n) is 3.05. The first kappa shape index (κ1) is 24.2. The molecule has 33 heavy (non-hydrogen) atoms. The number of alkyl halides is 3. The molecule has 0 aliphatic heterocycles. The van der Waals surface area contributed by atoms with E-state index in [0.717, 1.165) is 12.1 Å². The predicted octanol–water partition coefficient (Wildman–Crippen LogP) is 4.37. The van der Waals surface area contributed by atoms with Gasteiger partial charge in [0.25, 0.3) is 10.0 Å². The normalized spacial score (nSPS) is 11.8. The molecule has 0 aliphatic rings. The Kier molecular flexibility index (Phi) is 6.77. The standard InChI is InChI=1S/C21H22F3N3O5S/c1-13-20(26-33(28,29)17-8-9-18(30-3)19(11-17)31-4)14(2)27(25-13)12-32-16-7-5-6-15(10-16)21(22,23)24/h5-11,26H,12H2,1-4H3. The zero-order chi connectivity index (χ0) is 24.4. The molecule has 0 saturated heterocycles. The van der Waals surface area contributed by atoms with Crippen molar-refractivity contribution >= 4 is 15.7 Å². The Morgan fingerprint density at radius 3 is 2.36 bits per heavy atom. The molecule has 0 aliphatic carbocycles. The largest absolute Gasteiger partial charge is 0.493 e. The fraction of sp³-hybridized carbons (Fsp3) is 0.286. The molecule has 1 heterocycles. The van der Waals surface area contributed by atoms with Crippen molar-refractivity contribution in [2.24, 2.45) is 0 Å². The number of nitrogens with zero attached hydrogens (tertiary/aromatic N) is 2. The van der Waals surface area contributed by atoms with Gasteiger partial charge in [-0.15, -0.1) is 0 Å². The lowest BCUT2D eigenvalue weighted by atomic mass is 10.2. The van der Waals surface area contributed by atoms with E-state index < -0.39 is 21.8 Å². The van der Waals surface area contributed by atoms with E-state index in [1.54, 1.807) is 13.8 Å². The van der Waals surface area contributed by atoms with Crippen LogP contribution in [0.25, 0.3) is 0 Å². The molecule has 0 amide bonds. The number of aromatic nitrogens is 2. The first-order chi connectivity index (χ1) is 15.5. The molecule has 12 heteroatoms. The van der Waals surface area contributed by atoms with E-state index in [1.807, 2.05) is 0 Å². The second-order valence-corrected chi connectivity index (χ2v) is 8.65. The van der Waals surface area contributed by atoms with Gasteiger partial charge < -0.3 is 14.2 Å². The Hall–Kier alpha value is -3.41. The summed E-state index contributed by atoms with van der Waals surface area (Å²) in [6.07, 6.45) is -4.49. The number of aryl methyl sites for hydroxylation is 1. The summed E-state index contributed by atoms with van der Waals surface area (Å²) in [5.74, 6) is 0.632. The maximum absolute atomic E-state index is 12.9. The molecule has 178 valence electrons. The number of benzene rings is 2. The van der Waals surface area contributed by atoms with Gasteiger partial charge in [-0.2, -0.15) is 18.3 Å². The van der Waals surface area contributed by atoms with Crippen LogP contribution in [0.1, 0.15) is 17.0 Å². The number of ether oxygens (including phenoxy) is 3. The Bertz CT molecular complexity index is 1260. The highest BCUT2D eigenvalue weighted by atomic mass is 32.2. The van der Waals surface area contributed by atoms with Crippen LogP contribution in [0.3, 0.4) is 0 Å². The van der Waals surface area contributed by atoms with Gasteiger partial charge in [-0.25, -0.2) is 13.1 Å². The minimum absolute atomic E-state index is 0.00448. The summed E-state index contributed by atoms with van der Waals surface area (Å²) in [4.78, 5) is -0.0492. The third-order valence-electron chi connectivity index (χ3n) is 4.80. The number of anilines is 1. The highest BCUT2D eigenvalue weighted by Gasteiger charge is 2.30. The summed E-state index contributed by atoms with van der Waals surface area (Å²) in [5, 5.41) is 4.23. The molecule has 0 bridgehead atoms. The van der Waals surface area contributed by atoms with Gasteiger partial charge in [-0.3, -0.25) is 4.72 Å². The molecular formula is C21H22F3N3O5S. The molecule has 2 aromatic carbocycles. The van der Waals surface area contributed by atoms with E-state index in [2.05, 4.69) is 9.82 Å². The summed E-state index contributed by atoms with van der Waals surface area (Å²) < 4.78 is 84.0. The van der Waals surface area contributed by atoms with Gasteiger partial charge >= 0.3 is 6.18 Å². The van der Waals surface area contributed by atoms with Crippen molar-refractivity contribution in [1.82, 2.24) is 9.78 Å². The lowest BCUT2D eigenvalue weighted by molar-refractivity contribution is -0.137. The number of halogens is 3. The minimum Gasteiger partial charge on any atom is -0.493 e. The molecule has 0 unspecified atom stereocenters. The maximum atomic E-state index is 12.9. The van der Waals surface area contributed by atoms with Crippen molar-refractivity contribution in [3.05, 3.63) is 59.4 Å². The molecule has 0 saturated carbocycles. The van der Waals surface area contributed by atoms with E-state index in [1.165, 1.54) is 49.2 Å². The monoisotopic (exact) mass is 485 g/mol. The molecule has 1 aromatic heterocycles. The molecule has 0 fully saturated rings. The summed E-state index contributed by atoms with van der Waals surface area (Å²) >= 11 is 0. The van der Waals surface area contributed by atoms with Gasteiger partial charge in [0.1, 0.15) is 5.75 Å². The van der Waals surface area contributed by atoms with Gasteiger partial charge in [0.15, 0.2) is 18.2 Å². The van der Waals surface area contributed by atoms with Gasteiger partial charge in [-0.1, -0.05) is 6.07 Å². The zero-order valence-corrected chi connectivity index (χ0v) is 19.0. The van der Waals surface area contributed by atoms with Crippen LogP contribution >= 0.6 is 0 Å². The van der Waals surface area contributed by atoms with Crippen LogP contribution in [-0.2, 0) is 22.9 Å². The van der Waals surface area contributed by atoms with Crippen LogP contribution in [0.15, 0.2) is 47.4 Å². The number of hydrogen-bond acceptors (Lipinski definition) is 6. The quantitative estimate of drug-likeness (QED) is 0.510. The summed E-state index contributed by atoms with van der Waals surface area (Å²) in [6, 6.07) is 8.62. The van der Waals surface area contributed by atoms with Gasteiger partial charge in [-0.05, 0) is 44.2 Å². The predicted molar refractivity (Wildman–Crippen MR) is 114 cm³/mol. The second-order valence-electron chi connectivity index (χ2n) is 6.97. The van der Waals surface area contributed by atoms with Crippen molar-refractivity contribution in [2.45, 2.75) is 31.7 Å². The van der Waals surface area contributed by atoms with Crippen molar-refractivity contribution in [1.29, 1.82) is 0 Å². The van der Waals surface area contributed by atoms with E-state index >= 15 is 0 Å². The van der Waals surface area contributed by atoms with Crippen molar-refractivity contribution in [3.63, 3.8) is 0 Å². The fourth-order valence-corrected chi connectivity index (χ4v) is 4.24. The summed E-state index contributed by atoms with van der Waals surface area (Å²) in [7, 11) is -1.17. The Morgan fingerprint density at radius 2 is 1.73 bits per heavy atom. The third-order valence-corrected chi connectivity index (χ3v) is 6.15. The van der Waals surface area contributed by atoms with Crippen molar-refractivity contribution in [3.8, 4) is 17.2 Å². The Labute approximate surface area is 188 Å². The highest BCUT2D eigenvalue weighted by Crippen LogP contribution is 2.32. The van der Waals surface area contributed by atoms with Crippen LogP contribution in [0.2, 0.25) is 0 Å². The van der Waals surface area contributed by atoms with E-state index in [-0.39, 0.29) is 28.8 Å². The minimum atomic E-state index is -4.49. The zero-order valence-electron chi connectivity index (χ0n) is 18.2. The van der Waals surface area contributed by atoms with Crippen LogP contribution in [-0.4, -0.2) is 32.4 Å². The highest BCUT2D eigenvalue weighted by molar-refractivity contribution is 7.92. The second kappa shape index (κ2) is 9.22. The molecule has 0 atom stereocenters. The molecule has 3 rings (SSSR count). The smallest absolute Gasteiger partial charge is 0.416 e. The first-order valence-electron chi connectivity index (χ1n) is 9.55. The molecular weight excluding hydrogens is 463 g/mol. The topological polar surface area (TPSA) is 91.7 Å². The van der Waals surface area contributed by atoms with Crippen LogP contribution in [0.5, 0.6) is 17.2 Å². The van der Waals surface area contributed by atoms with Crippen LogP contribution < -0.4 is 18.9 Å². The number of nitrogens with one attached hydrogen (secondary N) is 1. The SMILES string of the molecule is COc1ccc(S(=O)(=O)Nc2c(C)nn(COc3cccc(C(F)(F)F)c3)c2C)cc1OC. The number of rotatable bonds is 8. The Morgan fingerprint density at radius 1 is 1.03 bits per heavy atom. The molecule has 1 N–H and O–H groups in total. The number of methoxy groups -OCH3 is 2. The van der Waals surface area contributed by atoms with E-state index in [9.17, 15) is 21.6 Å². The molecule has 8 nitrogen and oxygen atoms in total. The summed E-state index contributed by atoms with van der Waals surface area (Å²) in [5.41, 5.74) is 0.182. The molecule has 3 aromatic rings. The van der Waals surface area contributed by atoms with Gasteiger partial charge in [0, 0.05) is 6.07 Å². The van der Waals surface area contributed by atoms with Gasteiger partial charge in [0.2, 0.25) is 0 Å². The van der Waals surface area contributed by atoms with Crippen molar-refractivity contribution in [2.75, 3.05) is 18.9 Å². The van der Waals surface area contributed by atoms with Gasteiger partial charge in [0.05, 0.1) is 41.8 Å². The van der Waals surface area contributed by atoms with Crippen molar-refractivity contribution < 1.29 is 35.8 Å². The average Bonchev–Trinajstić information content (AvgIpc) is 3.04. The summed E-state index contributed by atoms with van der Waals surface area (Å²) in [6.45, 7) is 2.99. The average molecular weight is 485 g/mol. The van der Waals surface area contributed by atoms with Crippen LogP contribution in [0, 0.1) is 13.8 Å². The van der Waals surface area contributed by atoms with E-state index in [4.69, 9.17) is 14.2 Å².